The Balaban J connectivity index is 2.04. The van der Waals surface area contributed by atoms with Crippen molar-refractivity contribution in [2.75, 3.05) is 0 Å². The first-order valence-corrected chi connectivity index (χ1v) is 6.52. The zero-order valence-corrected chi connectivity index (χ0v) is 10.2. The molecule has 1 aromatic carbocycles. The van der Waals surface area contributed by atoms with Crippen LogP contribution >= 0.6 is 0 Å². The van der Waals surface area contributed by atoms with E-state index in [0.29, 0.717) is 5.92 Å². The number of rotatable bonds is 2. The zero-order chi connectivity index (χ0) is 11.4. The van der Waals surface area contributed by atoms with E-state index in [1.807, 2.05) is 0 Å². The fourth-order valence-electron chi connectivity index (χ4n) is 2.66. The summed E-state index contributed by atoms with van der Waals surface area (Å²) in [5.41, 5.74) is 2.36. The molecule has 0 saturated heterocycles. The fraction of sp³-hybridized carbons (Fsp3) is 0.600. The van der Waals surface area contributed by atoms with Gasteiger partial charge in [0, 0.05) is 0 Å². The monoisotopic (exact) mass is 218 g/mol. The first kappa shape index (κ1) is 11.7. The van der Waals surface area contributed by atoms with Gasteiger partial charge in [-0.05, 0) is 31.2 Å². The smallest absolute Gasteiger partial charge is 0.0818 e. The summed E-state index contributed by atoms with van der Waals surface area (Å²) in [6.45, 7) is 2.09. The molecular weight excluding hydrogens is 196 g/mol. The van der Waals surface area contributed by atoms with Crippen LogP contribution in [-0.4, -0.2) is 5.11 Å². The number of hydrogen-bond acceptors (Lipinski definition) is 1. The van der Waals surface area contributed by atoms with Gasteiger partial charge in [0.25, 0.3) is 0 Å². The quantitative estimate of drug-likeness (QED) is 0.744. The number of benzene rings is 1. The topological polar surface area (TPSA) is 20.2 Å². The van der Waals surface area contributed by atoms with E-state index in [2.05, 4.69) is 31.2 Å². The van der Waals surface area contributed by atoms with E-state index < -0.39 is 0 Å². The molecule has 16 heavy (non-hydrogen) atoms. The van der Waals surface area contributed by atoms with Gasteiger partial charge in [-0.25, -0.2) is 0 Å². The van der Waals surface area contributed by atoms with Gasteiger partial charge in [0.1, 0.15) is 0 Å². The second-order valence-electron chi connectivity index (χ2n) is 5.11. The predicted octanol–water partition coefficient (Wildman–Crippen LogP) is 4.00. The third-order valence-corrected chi connectivity index (χ3v) is 3.77. The minimum absolute atomic E-state index is 0.251. The van der Waals surface area contributed by atoms with Crippen LogP contribution in [0.15, 0.2) is 24.3 Å². The lowest BCUT2D eigenvalue weighted by Gasteiger charge is -2.21. The highest BCUT2D eigenvalue weighted by atomic mass is 16.3. The van der Waals surface area contributed by atoms with Gasteiger partial charge in [0.05, 0.1) is 6.10 Å². The van der Waals surface area contributed by atoms with E-state index in [1.54, 1.807) is 0 Å². The number of aliphatic hydroxyl groups is 1. The fourth-order valence-corrected chi connectivity index (χ4v) is 2.66. The second kappa shape index (κ2) is 5.49. The van der Waals surface area contributed by atoms with Crippen LogP contribution in [0.3, 0.4) is 0 Å². The van der Waals surface area contributed by atoms with Crippen LogP contribution in [0.1, 0.15) is 55.8 Å². The SMILES string of the molecule is Cc1ccc([C@@H](O)C2CCCCCC2)cc1. The Morgan fingerprint density at radius 1 is 1.00 bits per heavy atom. The Hall–Kier alpha value is -0.820. The molecular formula is C15H22O. The molecule has 88 valence electrons. The third kappa shape index (κ3) is 2.85. The van der Waals surface area contributed by atoms with Crippen molar-refractivity contribution in [3.63, 3.8) is 0 Å². The molecule has 1 nitrogen and oxygen atoms in total. The molecule has 0 aromatic heterocycles. The summed E-state index contributed by atoms with van der Waals surface area (Å²) in [7, 11) is 0. The highest BCUT2D eigenvalue weighted by Crippen LogP contribution is 2.33. The summed E-state index contributed by atoms with van der Waals surface area (Å²) in [6, 6.07) is 8.33. The predicted molar refractivity (Wildman–Crippen MR) is 67.3 cm³/mol. The Morgan fingerprint density at radius 3 is 2.12 bits per heavy atom. The van der Waals surface area contributed by atoms with Crippen LogP contribution in [0.5, 0.6) is 0 Å². The van der Waals surface area contributed by atoms with Crippen LogP contribution in [-0.2, 0) is 0 Å². The van der Waals surface area contributed by atoms with Gasteiger partial charge < -0.3 is 5.11 Å². The van der Waals surface area contributed by atoms with Gasteiger partial charge in [-0.3, -0.25) is 0 Å². The van der Waals surface area contributed by atoms with E-state index in [-0.39, 0.29) is 6.10 Å². The first-order valence-electron chi connectivity index (χ1n) is 6.52. The van der Waals surface area contributed by atoms with E-state index >= 15 is 0 Å². The standard InChI is InChI=1S/C15H22O/c1-12-8-10-14(11-9-12)15(16)13-6-4-2-3-5-7-13/h8-11,13,15-16H,2-7H2,1H3/t15-/m0/s1. The Kier molecular flexibility index (Phi) is 4.00. The molecule has 0 radical (unpaired) electrons. The molecule has 1 atom stereocenters. The van der Waals surface area contributed by atoms with Crippen molar-refractivity contribution in [1.82, 2.24) is 0 Å². The van der Waals surface area contributed by atoms with Gasteiger partial charge in [-0.15, -0.1) is 0 Å². The normalized spacial score (nSPS) is 20.4. The summed E-state index contributed by atoms with van der Waals surface area (Å²) in [5.74, 6) is 0.477. The molecule has 0 spiro atoms. The van der Waals surface area contributed by atoms with Gasteiger partial charge in [0.15, 0.2) is 0 Å². The van der Waals surface area contributed by atoms with Crippen LogP contribution in [0.4, 0.5) is 0 Å². The molecule has 0 unspecified atom stereocenters. The van der Waals surface area contributed by atoms with Gasteiger partial charge in [-0.1, -0.05) is 55.5 Å². The highest BCUT2D eigenvalue weighted by molar-refractivity contribution is 5.23. The molecule has 1 aliphatic carbocycles. The Labute approximate surface area is 98.5 Å². The molecule has 1 heteroatoms. The van der Waals surface area contributed by atoms with Gasteiger partial charge >= 0.3 is 0 Å². The van der Waals surface area contributed by atoms with Crippen LogP contribution in [0.25, 0.3) is 0 Å². The lowest BCUT2D eigenvalue weighted by atomic mass is 9.89. The van der Waals surface area contributed by atoms with Crippen LogP contribution in [0.2, 0.25) is 0 Å². The number of hydrogen-bond donors (Lipinski definition) is 1. The molecule has 2 rings (SSSR count). The van der Waals surface area contributed by atoms with E-state index in [0.717, 1.165) is 5.56 Å². The van der Waals surface area contributed by atoms with Crippen molar-refractivity contribution in [1.29, 1.82) is 0 Å². The molecule has 1 aromatic rings. The minimum atomic E-state index is -0.251. The molecule has 1 fully saturated rings. The maximum atomic E-state index is 10.4. The lowest BCUT2D eigenvalue weighted by molar-refractivity contribution is 0.0988. The summed E-state index contributed by atoms with van der Waals surface area (Å²) in [4.78, 5) is 0. The van der Waals surface area contributed by atoms with Crippen molar-refractivity contribution < 1.29 is 5.11 Å². The number of aryl methyl sites for hydroxylation is 1. The molecule has 1 aliphatic rings. The number of aliphatic hydroxyl groups excluding tert-OH is 1. The zero-order valence-electron chi connectivity index (χ0n) is 10.2. The maximum absolute atomic E-state index is 10.4. The van der Waals surface area contributed by atoms with Crippen LogP contribution < -0.4 is 0 Å². The minimum Gasteiger partial charge on any atom is -0.388 e. The molecule has 0 amide bonds. The second-order valence-corrected chi connectivity index (χ2v) is 5.11. The van der Waals surface area contributed by atoms with Gasteiger partial charge in [-0.2, -0.15) is 0 Å². The Morgan fingerprint density at radius 2 is 1.56 bits per heavy atom. The van der Waals surface area contributed by atoms with Crippen LogP contribution in [0, 0.1) is 12.8 Å². The summed E-state index contributed by atoms with van der Waals surface area (Å²) in [5, 5.41) is 10.4. The molecule has 0 bridgehead atoms. The van der Waals surface area contributed by atoms with Crippen molar-refractivity contribution in [3.8, 4) is 0 Å². The third-order valence-electron chi connectivity index (χ3n) is 3.77. The highest BCUT2D eigenvalue weighted by Gasteiger charge is 2.21. The average molecular weight is 218 g/mol. The van der Waals surface area contributed by atoms with Crippen molar-refractivity contribution in [3.05, 3.63) is 35.4 Å². The van der Waals surface area contributed by atoms with E-state index in [4.69, 9.17) is 0 Å². The van der Waals surface area contributed by atoms with Gasteiger partial charge in [0.2, 0.25) is 0 Å². The summed E-state index contributed by atoms with van der Waals surface area (Å²) >= 11 is 0. The maximum Gasteiger partial charge on any atom is 0.0818 e. The molecule has 1 saturated carbocycles. The van der Waals surface area contributed by atoms with Crippen molar-refractivity contribution >= 4 is 0 Å². The summed E-state index contributed by atoms with van der Waals surface area (Å²) in [6.07, 6.45) is 7.39. The molecule has 0 aliphatic heterocycles. The van der Waals surface area contributed by atoms with E-state index in [1.165, 1.54) is 44.1 Å². The Bertz CT molecular complexity index is 307. The largest absolute Gasteiger partial charge is 0.388 e. The molecule has 1 N–H and O–H groups in total. The lowest BCUT2D eigenvalue weighted by Crippen LogP contribution is -2.11. The molecule has 0 heterocycles. The van der Waals surface area contributed by atoms with Crippen molar-refractivity contribution in [2.24, 2.45) is 5.92 Å². The first-order chi connectivity index (χ1) is 7.77. The summed E-state index contributed by atoms with van der Waals surface area (Å²) < 4.78 is 0. The average Bonchev–Trinajstić information content (AvgIpc) is 2.57. The van der Waals surface area contributed by atoms with E-state index in [9.17, 15) is 5.11 Å². The van der Waals surface area contributed by atoms with Crippen molar-refractivity contribution in [2.45, 2.75) is 51.6 Å².